The van der Waals surface area contributed by atoms with Crippen molar-refractivity contribution in [1.82, 2.24) is 15.2 Å². The normalized spacial score (nSPS) is 13.8. The molecule has 5 nitrogen and oxygen atoms in total. The van der Waals surface area contributed by atoms with Gasteiger partial charge in [0.2, 0.25) is 0 Å². The first kappa shape index (κ1) is 19.6. The van der Waals surface area contributed by atoms with Crippen LogP contribution in [0.5, 0.6) is 5.75 Å². The number of nitrogens with zero attached hydrogens (tertiary/aromatic N) is 3. The van der Waals surface area contributed by atoms with Gasteiger partial charge in [0.25, 0.3) is 0 Å². The zero-order valence-corrected chi connectivity index (χ0v) is 15.7. The molecule has 1 aliphatic rings. The van der Waals surface area contributed by atoms with Gasteiger partial charge in [-0.3, -0.25) is 10.4 Å². The van der Waals surface area contributed by atoms with E-state index in [0.717, 1.165) is 0 Å². The van der Waals surface area contributed by atoms with Crippen molar-refractivity contribution >= 4 is 11.4 Å². The summed E-state index contributed by atoms with van der Waals surface area (Å²) in [6.07, 6.45) is 1.98. The molecule has 0 amide bonds. The smallest absolute Gasteiger partial charge is 0.406 e. The van der Waals surface area contributed by atoms with Gasteiger partial charge in [0.05, 0.1) is 29.0 Å². The molecule has 0 aliphatic carbocycles. The molecule has 0 saturated carbocycles. The second kappa shape index (κ2) is 7.58. The molecule has 1 aliphatic heterocycles. The average Bonchev–Trinajstić information content (AvgIpc) is 3.19. The van der Waals surface area contributed by atoms with Gasteiger partial charge in [0.15, 0.2) is 0 Å². The van der Waals surface area contributed by atoms with Crippen LogP contribution >= 0.6 is 0 Å². The Labute approximate surface area is 169 Å². The summed E-state index contributed by atoms with van der Waals surface area (Å²) >= 11 is 0. The number of hydrogen-bond donors (Lipinski definition) is 1. The van der Waals surface area contributed by atoms with Gasteiger partial charge in [-0.15, -0.1) is 13.2 Å². The highest BCUT2D eigenvalue weighted by molar-refractivity contribution is 5.69. The lowest BCUT2D eigenvalue weighted by Gasteiger charge is -2.27. The quantitative estimate of drug-likeness (QED) is 0.601. The second-order valence-corrected chi connectivity index (χ2v) is 6.51. The van der Waals surface area contributed by atoms with Gasteiger partial charge in [-0.2, -0.15) is 5.10 Å². The fourth-order valence-corrected chi connectivity index (χ4v) is 2.98. The van der Waals surface area contributed by atoms with E-state index >= 15 is 0 Å². The molecule has 1 aromatic heterocycles. The standard InChI is InChI=1S/C21H16F4N4O/c1-14-7-8-16(13-18(14)22)29-20(9-10-26-29)19-6-3-11-28(27-19)15-4-2-5-17(12-15)30-21(23,24)25/h2-13,27H,1H3. The molecule has 0 atom stereocenters. The molecule has 2 heterocycles. The van der Waals surface area contributed by atoms with Gasteiger partial charge >= 0.3 is 6.36 Å². The summed E-state index contributed by atoms with van der Waals surface area (Å²) in [7, 11) is 0. The lowest BCUT2D eigenvalue weighted by atomic mass is 10.2. The number of anilines is 1. The lowest BCUT2D eigenvalue weighted by Crippen LogP contribution is -2.34. The van der Waals surface area contributed by atoms with Gasteiger partial charge in [-0.25, -0.2) is 9.07 Å². The van der Waals surface area contributed by atoms with E-state index in [2.05, 4.69) is 15.3 Å². The molecule has 0 fully saturated rings. The Kier molecular flexibility index (Phi) is 4.94. The third kappa shape index (κ3) is 4.14. The van der Waals surface area contributed by atoms with E-state index in [1.54, 1.807) is 65.4 Å². The van der Waals surface area contributed by atoms with Crippen LogP contribution in [0.2, 0.25) is 0 Å². The number of benzene rings is 2. The summed E-state index contributed by atoms with van der Waals surface area (Å²) in [5.41, 5.74) is 5.89. The Morgan fingerprint density at radius 1 is 1.03 bits per heavy atom. The van der Waals surface area contributed by atoms with Gasteiger partial charge in [0.1, 0.15) is 11.6 Å². The fraction of sp³-hybridized carbons (Fsp3) is 0.0952. The molecular weight excluding hydrogens is 400 g/mol. The minimum Gasteiger partial charge on any atom is -0.406 e. The van der Waals surface area contributed by atoms with Crippen LogP contribution in [0.3, 0.4) is 0 Å². The molecule has 3 aromatic rings. The Bertz CT molecular complexity index is 1130. The summed E-state index contributed by atoms with van der Waals surface area (Å²) in [5.74, 6) is -0.672. The Morgan fingerprint density at radius 3 is 2.63 bits per heavy atom. The third-order valence-electron chi connectivity index (χ3n) is 4.39. The van der Waals surface area contributed by atoms with E-state index in [1.807, 2.05) is 0 Å². The first-order valence-corrected chi connectivity index (χ1v) is 8.91. The van der Waals surface area contributed by atoms with Crippen LogP contribution in [0, 0.1) is 12.7 Å². The van der Waals surface area contributed by atoms with Gasteiger partial charge in [-0.05, 0) is 55.0 Å². The Hall–Kier alpha value is -3.75. The molecule has 1 N–H and O–H groups in total. The van der Waals surface area contributed by atoms with Crippen LogP contribution < -0.4 is 15.2 Å². The predicted molar refractivity (Wildman–Crippen MR) is 104 cm³/mol. The summed E-state index contributed by atoms with van der Waals surface area (Å²) in [6, 6.07) is 12.1. The van der Waals surface area contributed by atoms with Crippen LogP contribution in [0.15, 0.2) is 73.1 Å². The molecule has 4 rings (SSSR count). The monoisotopic (exact) mass is 416 g/mol. The highest BCUT2D eigenvalue weighted by atomic mass is 19.4. The Morgan fingerprint density at radius 2 is 1.87 bits per heavy atom. The van der Waals surface area contributed by atoms with E-state index < -0.39 is 6.36 Å². The SMILES string of the molecule is Cc1ccc(-n2nccc2C2=CC=CN(c3cccc(OC(F)(F)F)c3)N2)cc1F. The first-order valence-electron chi connectivity index (χ1n) is 8.91. The Balaban J connectivity index is 1.60. The maximum Gasteiger partial charge on any atom is 0.573 e. The largest absolute Gasteiger partial charge is 0.573 e. The lowest BCUT2D eigenvalue weighted by molar-refractivity contribution is -0.274. The first-order chi connectivity index (χ1) is 14.3. The van der Waals surface area contributed by atoms with E-state index in [4.69, 9.17) is 0 Å². The minimum absolute atomic E-state index is 0.327. The van der Waals surface area contributed by atoms with Crippen LogP contribution in [0.4, 0.5) is 23.2 Å². The van der Waals surface area contributed by atoms with Crippen molar-refractivity contribution in [2.45, 2.75) is 13.3 Å². The number of nitrogens with one attached hydrogen (secondary N) is 1. The molecule has 154 valence electrons. The number of alkyl halides is 3. The molecule has 0 radical (unpaired) electrons. The van der Waals surface area contributed by atoms with Crippen molar-refractivity contribution in [3.05, 3.63) is 90.2 Å². The van der Waals surface area contributed by atoms with Crippen molar-refractivity contribution in [2.75, 3.05) is 5.01 Å². The number of ether oxygens (including phenoxy) is 1. The van der Waals surface area contributed by atoms with Crippen LogP contribution in [-0.4, -0.2) is 16.1 Å². The number of allylic oxidation sites excluding steroid dienone is 2. The van der Waals surface area contributed by atoms with E-state index in [0.29, 0.717) is 28.3 Å². The molecule has 0 unspecified atom stereocenters. The van der Waals surface area contributed by atoms with Crippen molar-refractivity contribution in [3.63, 3.8) is 0 Å². The number of hydrazine groups is 1. The van der Waals surface area contributed by atoms with Crippen LogP contribution in [-0.2, 0) is 0 Å². The van der Waals surface area contributed by atoms with Gasteiger partial charge in [-0.1, -0.05) is 12.1 Å². The van der Waals surface area contributed by atoms with Crippen LogP contribution in [0.25, 0.3) is 11.4 Å². The summed E-state index contributed by atoms with van der Waals surface area (Å²) in [4.78, 5) is 0. The van der Waals surface area contributed by atoms with E-state index in [9.17, 15) is 17.6 Å². The van der Waals surface area contributed by atoms with Crippen molar-refractivity contribution < 1.29 is 22.3 Å². The maximum absolute atomic E-state index is 14.0. The fourth-order valence-electron chi connectivity index (χ4n) is 2.98. The van der Waals surface area contributed by atoms with Gasteiger partial charge in [0, 0.05) is 12.3 Å². The average molecular weight is 416 g/mol. The summed E-state index contributed by atoms with van der Waals surface area (Å²) in [6.45, 7) is 1.67. The number of hydrogen-bond acceptors (Lipinski definition) is 4. The molecular formula is C21H16F4N4O. The zero-order valence-electron chi connectivity index (χ0n) is 15.7. The highest BCUT2D eigenvalue weighted by Crippen LogP contribution is 2.28. The van der Waals surface area contributed by atoms with Crippen LogP contribution in [0.1, 0.15) is 11.3 Å². The predicted octanol–water partition coefficient (Wildman–Crippen LogP) is 5.10. The second-order valence-electron chi connectivity index (χ2n) is 6.51. The number of rotatable bonds is 4. The number of aryl methyl sites for hydroxylation is 1. The van der Waals surface area contributed by atoms with Crippen molar-refractivity contribution in [1.29, 1.82) is 0 Å². The highest BCUT2D eigenvalue weighted by Gasteiger charge is 2.31. The minimum atomic E-state index is -4.77. The van der Waals surface area contributed by atoms with Crippen molar-refractivity contribution in [2.24, 2.45) is 0 Å². The topological polar surface area (TPSA) is 42.3 Å². The molecule has 30 heavy (non-hydrogen) atoms. The summed E-state index contributed by atoms with van der Waals surface area (Å²) in [5, 5.41) is 5.81. The van der Waals surface area contributed by atoms with E-state index in [1.165, 1.54) is 24.3 Å². The zero-order chi connectivity index (χ0) is 21.3. The maximum atomic E-state index is 14.0. The number of halogens is 4. The molecule has 0 bridgehead atoms. The summed E-state index contributed by atoms with van der Waals surface area (Å²) < 4.78 is 57.1. The molecule has 2 aromatic carbocycles. The third-order valence-corrected chi connectivity index (χ3v) is 4.39. The van der Waals surface area contributed by atoms with Gasteiger partial charge < -0.3 is 4.74 Å². The van der Waals surface area contributed by atoms with Crippen molar-refractivity contribution in [3.8, 4) is 11.4 Å². The van der Waals surface area contributed by atoms with E-state index in [-0.39, 0.29) is 11.6 Å². The molecule has 0 saturated heterocycles. The number of aromatic nitrogens is 2. The molecule has 0 spiro atoms. The molecule has 9 heteroatoms.